The van der Waals surface area contributed by atoms with Crippen LogP contribution in [0, 0.1) is 13.8 Å². The summed E-state index contributed by atoms with van der Waals surface area (Å²) in [7, 11) is 1.73. The molecule has 1 aromatic heterocycles. The lowest BCUT2D eigenvalue weighted by atomic mass is 10.0. The van der Waals surface area contributed by atoms with Gasteiger partial charge in [0.15, 0.2) is 6.61 Å². The van der Waals surface area contributed by atoms with Crippen LogP contribution < -0.4 is 10.5 Å². The van der Waals surface area contributed by atoms with Crippen LogP contribution in [0.3, 0.4) is 0 Å². The van der Waals surface area contributed by atoms with E-state index in [1.54, 1.807) is 7.05 Å². The molecule has 0 radical (unpaired) electrons. The minimum atomic E-state index is 0.325. The van der Waals surface area contributed by atoms with Gasteiger partial charge in [0.25, 0.3) is 0 Å². The lowest BCUT2D eigenvalue weighted by Gasteiger charge is -2.12. The first kappa shape index (κ1) is 13.5. The molecule has 2 N–H and O–H groups in total. The van der Waals surface area contributed by atoms with Crippen LogP contribution in [-0.4, -0.2) is 26.8 Å². The SMILES string of the molecule is Cc1cc(CCN)cc(C)c1OCc1nnn(C)n1. The summed E-state index contributed by atoms with van der Waals surface area (Å²) >= 11 is 0. The van der Waals surface area contributed by atoms with Crippen LogP contribution in [0.5, 0.6) is 5.75 Å². The van der Waals surface area contributed by atoms with Gasteiger partial charge in [-0.05, 0) is 48.7 Å². The second-order valence-electron chi connectivity index (χ2n) is 4.58. The number of hydrogen-bond donors (Lipinski definition) is 1. The van der Waals surface area contributed by atoms with Crippen LogP contribution in [-0.2, 0) is 20.1 Å². The molecule has 0 atom stereocenters. The van der Waals surface area contributed by atoms with E-state index in [0.29, 0.717) is 19.0 Å². The van der Waals surface area contributed by atoms with Crippen LogP contribution >= 0.6 is 0 Å². The molecule has 0 aliphatic heterocycles. The largest absolute Gasteiger partial charge is 0.485 e. The molecule has 0 unspecified atom stereocenters. The standard InChI is InChI=1S/C13H19N5O/c1-9-6-11(4-5-14)7-10(2)13(9)19-8-12-15-17-18(3)16-12/h6-7H,4-5,8,14H2,1-3H3. The third kappa shape index (κ3) is 3.29. The topological polar surface area (TPSA) is 78.9 Å². The summed E-state index contributed by atoms with van der Waals surface area (Å²) in [6.45, 7) is 5.05. The molecule has 0 spiro atoms. The van der Waals surface area contributed by atoms with Crippen molar-refractivity contribution in [1.82, 2.24) is 20.2 Å². The number of benzene rings is 1. The Labute approximate surface area is 112 Å². The normalized spacial score (nSPS) is 10.7. The van der Waals surface area contributed by atoms with E-state index in [9.17, 15) is 0 Å². The zero-order chi connectivity index (χ0) is 13.8. The Kier molecular flexibility index (Phi) is 4.11. The van der Waals surface area contributed by atoms with E-state index in [2.05, 4.69) is 27.5 Å². The van der Waals surface area contributed by atoms with Crippen LogP contribution in [0.2, 0.25) is 0 Å². The lowest BCUT2D eigenvalue weighted by Crippen LogP contribution is -2.05. The van der Waals surface area contributed by atoms with E-state index >= 15 is 0 Å². The van der Waals surface area contributed by atoms with Gasteiger partial charge in [0, 0.05) is 0 Å². The highest BCUT2D eigenvalue weighted by Crippen LogP contribution is 2.25. The van der Waals surface area contributed by atoms with Gasteiger partial charge >= 0.3 is 0 Å². The molecule has 6 nitrogen and oxygen atoms in total. The maximum absolute atomic E-state index is 5.79. The van der Waals surface area contributed by atoms with Gasteiger partial charge in [-0.1, -0.05) is 12.1 Å². The highest BCUT2D eigenvalue weighted by Gasteiger charge is 2.08. The average Bonchev–Trinajstić information content (AvgIpc) is 2.74. The second kappa shape index (κ2) is 5.79. The van der Waals surface area contributed by atoms with E-state index in [-0.39, 0.29) is 0 Å². The predicted molar refractivity (Wildman–Crippen MR) is 71.8 cm³/mol. The quantitative estimate of drug-likeness (QED) is 0.865. The summed E-state index contributed by atoms with van der Waals surface area (Å²) in [5, 5.41) is 11.8. The molecule has 6 heteroatoms. The smallest absolute Gasteiger partial charge is 0.212 e. The highest BCUT2D eigenvalue weighted by molar-refractivity contribution is 5.43. The number of tetrazole rings is 1. The van der Waals surface area contributed by atoms with E-state index in [0.717, 1.165) is 23.3 Å². The predicted octanol–water partition coefficient (Wildman–Crippen LogP) is 0.907. The summed E-state index contributed by atoms with van der Waals surface area (Å²) in [4.78, 5) is 1.42. The summed E-state index contributed by atoms with van der Waals surface area (Å²) in [6, 6.07) is 4.22. The van der Waals surface area contributed by atoms with Crippen molar-refractivity contribution in [1.29, 1.82) is 0 Å². The Balaban J connectivity index is 2.11. The molecule has 102 valence electrons. The summed E-state index contributed by atoms with van der Waals surface area (Å²) in [5.74, 6) is 1.46. The summed E-state index contributed by atoms with van der Waals surface area (Å²) < 4.78 is 5.79. The molecule has 0 aliphatic rings. The molecule has 1 aromatic carbocycles. The minimum Gasteiger partial charge on any atom is -0.485 e. The molecule has 0 amide bonds. The van der Waals surface area contributed by atoms with Gasteiger partial charge in [-0.3, -0.25) is 0 Å². The number of rotatable bonds is 5. The van der Waals surface area contributed by atoms with Crippen molar-refractivity contribution in [3.05, 3.63) is 34.6 Å². The Morgan fingerprint density at radius 2 is 1.95 bits per heavy atom. The van der Waals surface area contributed by atoms with Crippen molar-refractivity contribution < 1.29 is 4.74 Å². The molecule has 0 saturated carbocycles. The average molecular weight is 261 g/mol. The minimum absolute atomic E-state index is 0.325. The monoisotopic (exact) mass is 261 g/mol. The first-order valence-electron chi connectivity index (χ1n) is 6.26. The Morgan fingerprint density at radius 1 is 1.26 bits per heavy atom. The van der Waals surface area contributed by atoms with Gasteiger partial charge in [-0.15, -0.1) is 10.2 Å². The molecule has 2 rings (SSSR count). The maximum Gasteiger partial charge on any atom is 0.212 e. The number of aryl methyl sites for hydroxylation is 3. The van der Waals surface area contributed by atoms with E-state index < -0.39 is 0 Å². The molecule has 19 heavy (non-hydrogen) atoms. The molecule has 0 fully saturated rings. The van der Waals surface area contributed by atoms with Gasteiger partial charge in [0.05, 0.1) is 7.05 Å². The zero-order valence-electron chi connectivity index (χ0n) is 11.6. The van der Waals surface area contributed by atoms with E-state index in [1.165, 1.54) is 10.4 Å². The van der Waals surface area contributed by atoms with Gasteiger partial charge in [-0.25, -0.2) is 0 Å². The molecule has 1 heterocycles. The number of hydrogen-bond acceptors (Lipinski definition) is 5. The molecule has 2 aromatic rings. The van der Waals surface area contributed by atoms with Gasteiger partial charge in [-0.2, -0.15) is 4.80 Å². The van der Waals surface area contributed by atoms with Crippen LogP contribution in [0.1, 0.15) is 22.5 Å². The van der Waals surface area contributed by atoms with Gasteiger partial charge < -0.3 is 10.5 Å². The maximum atomic E-state index is 5.79. The molecular weight excluding hydrogens is 242 g/mol. The van der Waals surface area contributed by atoms with Gasteiger partial charge in [0.1, 0.15) is 5.75 Å². The van der Waals surface area contributed by atoms with E-state index in [1.807, 2.05) is 13.8 Å². The molecule has 0 bridgehead atoms. The third-order valence-electron chi connectivity index (χ3n) is 2.85. The Morgan fingerprint density at radius 3 is 2.47 bits per heavy atom. The molecule has 0 saturated heterocycles. The van der Waals surface area contributed by atoms with Crippen molar-refractivity contribution in [3.8, 4) is 5.75 Å². The third-order valence-corrected chi connectivity index (χ3v) is 2.85. The van der Waals surface area contributed by atoms with Crippen molar-refractivity contribution >= 4 is 0 Å². The molecular formula is C13H19N5O. The first-order chi connectivity index (χ1) is 9.10. The Hall–Kier alpha value is -1.95. The van der Waals surface area contributed by atoms with Crippen LogP contribution in [0.4, 0.5) is 0 Å². The van der Waals surface area contributed by atoms with E-state index in [4.69, 9.17) is 10.5 Å². The van der Waals surface area contributed by atoms with Crippen molar-refractivity contribution in [2.75, 3.05) is 6.54 Å². The number of ether oxygens (including phenoxy) is 1. The zero-order valence-corrected chi connectivity index (χ0v) is 11.6. The summed E-state index contributed by atoms with van der Waals surface area (Å²) in [5.41, 5.74) is 9.03. The van der Waals surface area contributed by atoms with Crippen LogP contribution in [0.15, 0.2) is 12.1 Å². The fourth-order valence-electron chi connectivity index (χ4n) is 2.10. The number of aromatic nitrogens is 4. The van der Waals surface area contributed by atoms with Crippen molar-refractivity contribution in [3.63, 3.8) is 0 Å². The second-order valence-corrected chi connectivity index (χ2v) is 4.58. The van der Waals surface area contributed by atoms with Gasteiger partial charge in [0.2, 0.25) is 5.82 Å². The van der Waals surface area contributed by atoms with Crippen molar-refractivity contribution in [2.24, 2.45) is 12.8 Å². The molecule has 0 aliphatic carbocycles. The highest BCUT2D eigenvalue weighted by atomic mass is 16.5. The number of nitrogens with zero attached hydrogens (tertiary/aromatic N) is 4. The lowest BCUT2D eigenvalue weighted by molar-refractivity contribution is 0.291. The fourth-order valence-corrected chi connectivity index (χ4v) is 2.10. The number of nitrogens with two attached hydrogens (primary N) is 1. The van der Waals surface area contributed by atoms with Crippen LogP contribution in [0.25, 0.3) is 0 Å². The Bertz CT molecular complexity index is 541. The first-order valence-corrected chi connectivity index (χ1v) is 6.26. The fraction of sp³-hybridized carbons (Fsp3) is 0.462. The summed E-state index contributed by atoms with van der Waals surface area (Å²) in [6.07, 6.45) is 0.883. The van der Waals surface area contributed by atoms with Crippen molar-refractivity contribution in [2.45, 2.75) is 26.9 Å².